The molecule has 1 aromatic rings. The van der Waals surface area contributed by atoms with Crippen LogP contribution in [0.1, 0.15) is 5.56 Å². The van der Waals surface area contributed by atoms with Crippen LogP contribution in [0.2, 0.25) is 0 Å². The molecule has 0 atom stereocenters. The van der Waals surface area contributed by atoms with Crippen molar-refractivity contribution in [3.05, 3.63) is 29.8 Å². The Labute approximate surface area is 59.3 Å². The van der Waals surface area contributed by atoms with Gasteiger partial charge in [-0.25, -0.2) is 0 Å². The molecule has 45 valence electrons. The normalized spacial score (nSPS) is 15.6. The Morgan fingerprint density at radius 1 is 1.56 bits per heavy atom. The van der Waals surface area contributed by atoms with E-state index in [-0.39, 0.29) is 0 Å². The lowest BCUT2D eigenvalue weighted by molar-refractivity contribution is 1.14. The highest BCUT2D eigenvalue weighted by atomic mass is 32.2. The van der Waals surface area contributed by atoms with Gasteiger partial charge < -0.3 is 0 Å². The maximum Gasteiger partial charge on any atom is 0.0111 e. The Morgan fingerprint density at radius 2 is 2.56 bits per heavy atom. The summed E-state index contributed by atoms with van der Waals surface area (Å²) in [7, 11) is 0. The van der Waals surface area contributed by atoms with Gasteiger partial charge in [0.15, 0.2) is 0 Å². The zero-order valence-corrected chi connectivity index (χ0v) is 5.87. The third-order valence-electron chi connectivity index (χ3n) is 1.51. The van der Waals surface area contributed by atoms with E-state index in [4.69, 9.17) is 0 Å². The van der Waals surface area contributed by atoms with Crippen molar-refractivity contribution in [2.75, 3.05) is 5.75 Å². The first-order valence-electron chi connectivity index (χ1n) is 3.09. The number of hydrogen-bond donors (Lipinski definition) is 0. The van der Waals surface area contributed by atoms with E-state index in [0.29, 0.717) is 0 Å². The number of hydrogen-bond acceptors (Lipinski definition) is 1. The van der Waals surface area contributed by atoms with Crippen molar-refractivity contribution < 1.29 is 0 Å². The third-order valence-corrected chi connectivity index (χ3v) is 2.61. The van der Waals surface area contributed by atoms with Gasteiger partial charge in [-0.3, -0.25) is 0 Å². The van der Waals surface area contributed by atoms with E-state index < -0.39 is 0 Å². The summed E-state index contributed by atoms with van der Waals surface area (Å²) in [4.78, 5) is 1.43. The molecule has 0 nitrogen and oxygen atoms in total. The van der Waals surface area contributed by atoms with E-state index in [2.05, 4.69) is 18.2 Å². The summed E-state index contributed by atoms with van der Waals surface area (Å²) in [5, 5.41) is 0. The molecule has 0 spiro atoms. The molecule has 2 rings (SSSR count). The van der Waals surface area contributed by atoms with Crippen LogP contribution < -0.4 is 0 Å². The van der Waals surface area contributed by atoms with E-state index in [1.165, 1.54) is 22.6 Å². The molecular formula is C8H7S. The van der Waals surface area contributed by atoms with Crippen molar-refractivity contribution in [2.24, 2.45) is 0 Å². The topological polar surface area (TPSA) is 0 Å². The van der Waals surface area contributed by atoms with Crippen molar-refractivity contribution in [1.29, 1.82) is 0 Å². The molecule has 0 saturated carbocycles. The van der Waals surface area contributed by atoms with Crippen molar-refractivity contribution in [1.82, 2.24) is 0 Å². The van der Waals surface area contributed by atoms with E-state index in [1.54, 1.807) is 0 Å². The minimum Gasteiger partial charge on any atom is -0.126 e. The standard InChI is InChI=1S/C8H7S/c1-2-4-8-7(3-1)5-6-9-8/h1-2,4H,5-6H2. The predicted octanol–water partition coefficient (Wildman–Crippen LogP) is 2.13. The van der Waals surface area contributed by atoms with Gasteiger partial charge in [-0.2, -0.15) is 0 Å². The van der Waals surface area contributed by atoms with Crippen LogP contribution in [0, 0.1) is 6.07 Å². The molecule has 0 saturated heterocycles. The van der Waals surface area contributed by atoms with Gasteiger partial charge in [-0.1, -0.05) is 12.1 Å². The van der Waals surface area contributed by atoms with Crippen LogP contribution in [0.3, 0.4) is 0 Å². The summed E-state index contributed by atoms with van der Waals surface area (Å²) in [6.45, 7) is 0. The van der Waals surface area contributed by atoms with Crippen LogP contribution in [0.25, 0.3) is 0 Å². The van der Waals surface area contributed by atoms with E-state index in [1.807, 2.05) is 17.8 Å². The lowest BCUT2D eigenvalue weighted by Crippen LogP contribution is -1.77. The van der Waals surface area contributed by atoms with Gasteiger partial charge in [0, 0.05) is 10.6 Å². The number of rotatable bonds is 0. The summed E-state index contributed by atoms with van der Waals surface area (Å²) in [6, 6.07) is 9.44. The molecule has 0 aromatic heterocycles. The van der Waals surface area contributed by atoms with Gasteiger partial charge >= 0.3 is 0 Å². The van der Waals surface area contributed by atoms with Crippen LogP contribution in [0.5, 0.6) is 0 Å². The summed E-state index contributed by atoms with van der Waals surface area (Å²) < 4.78 is 0. The number of benzene rings is 1. The number of aryl methyl sites for hydroxylation is 1. The molecule has 0 amide bonds. The highest BCUT2D eigenvalue weighted by Crippen LogP contribution is 2.29. The summed E-state index contributed by atoms with van der Waals surface area (Å²) in [5.41, 5.74) is 1.41. The van der Waals surface area contributed by atoms with Crippen molar-refractivity contribution >= 4 is 11.8 Å². The van der Waals surface area contributed by atoms with Gasteiger partial charge in [0.05, 0.1) is 0 Å². The van der Waals surface area contributed by atoms with Crippen molar-refractivity contribution in [3.63, 3.8) is 0 Å². The molecule has 0 fully saturated rings. The average Bonchev–Trinajstić information content (AvgIpc) is 2.33. The molecular weight excluding hydrogens is 128 g/mol. The average molecular weight is 135 g/mol. The fourth-order valence-electron chi connectivity index (χ4n) is 1.05. The summed E-state index contributed by atoms with van der Waals surface area (Å²) in [6.07, 6.45) is 1.21. The number of thioether (sulfide) groups is 1. The molecule has 1 aliphatic heterocycles. The maximum absolute atomic E-state index is 3.23. The van der Waals surface area contributed by atoms with Gasteiger partial charge in [-0.05, 0) is 24.1 Å². The molecule has 1 radical (unpaired) electrons. The Balaban J connectivity index is 2.54. The Morgan fingerprint density at radius 3 is 3.44 bits per heavy atom. The van der Waals surface area contributed by atoms with Crippen LogP contribution in [0.4, 0.5) is 0 Å². The van der Waals surface area contributed by atoms with E-state index in [9.17, 15) is 0 Å². The maximum atomic E-state index is 3.23. The molecule has 1 heterocycles. The smallest absolute Gasteiger partial charge is 0.0111 e. The zero-order valence-electron chi connectivity index (χ0n) is 5.05. The largest absolute Gasteiger partial charge is 0.126 e. The Hall–Kier alpha value is -0.430. The van der Waals surface area contributed by atoms with Crippen LogP contribution in [0.15, 0.2) is 23.1 Å². The highest BCUT2D eigenvalue weighted by Gasteiger charge is 2.08. The zero-order chi connectivity index (χ0) is 6.10. The lowest BCUT2D eigenvalue weighted by atomic mass is 10.2. The Kier molecular flexibility index (Phi) is 1.23. The molecule has 0 N–H and O–H groups in total. The van der Waals surface area contributed by atoms with Crippen LogP contribution >= 0.6 is 11.8 Å². The first-order chi connectivity index (χ1) is 4.47. The summed E-state index contributed by atoms with van der Waals surface area (Å²) >= 11 is 1.94. The molecule has 0 bridgehead atoms. The third kappa shape index (κ3) is 0.855. The monoisotopic (exact) mass is 135 g/mol. The highest BCUT2D eigenvalue weighted by molar-refractivity contribution is 7.99. The van der Waals surface area contributed by atoms with Gasteiger partial charge in [0.25, 0.3) is 0 Å². The van der Waals surface area contributed by atoms with Crippen molar-refractivity contribution in [3.8, 4) is 0 Å². The second-order valence-electron chi connectivity index (χ2n) is 2.11. The quantitative estimate of drug-likeness (QED) is 0.525. The van der Waals surface area contributed by atoms with E-state index >= 15 is 0 Å². The minimum absolute atomic E-state index is 1.21. The molecule has 0 unspecified atom stereocenters. The lowest BCUT2D eigenvalue weighted by Gasteiger charge is -1.91. The second kappa shape index (κ2) is 2.07. The first kappa shape index (κ1) is 5.36. The second-order valence-corrected chi connectivity index (χ2v) is 3.25. The molecule has 0 aliphatic carbocycles. The molecule has 1 heteroatoms. The molecule has 9 heavy (non-hydrogen) atoms. The van der Waals surface area contributed by atoms with Gasteiger partial charge in [0.2, 0.25) is 0 Å². The van der Waals surface area contributed by atoms with Crippen molar-refractivity contribution in [2.45, 2.75) is 11.3 Å². The first-order valence-corrected chi connectivity index (χ1v) is 4.08. The van der Waals surface area contributed by atoms with Crippen LogP contribution in [-0.2, 0) is 6.42 Å². The summed E-state index contributed by atoms with van der Waals surface area (Å²) in [5.74, 6) is 1.25. The molecule has 1 aliphatic rings. The van der Waals surface area contributed by atoms with Gasteiger partial charge in [-0.15, -0.1) is 11.8 Å². The fourth-order valence-corrected chi connectivity index (χ4v) is 2.09. The Bertz CT molecular complexity index is 195. The number of fused-ring (bicyclic) bond motifs is 1. The van der Waals surface area contributed by atoms with Gasteiger partial charge in [0.1, 0.15) is 0 Å². The fraction of sp³-hybridized carbons (Fsp3) is 0.250. The SMILES string of the molecule is [c]1cccc2c1CCS2. The predicted molar refractivity (Wildman–Crippen MR) is 39.7 cm³/mol. The molecule has 1 aromatic carbocycles. The minimum atomic E-state index is 1.21. The van der Waals surface area contributed by atoms with E-state index in [0.717, 1.165) is 0 Å². The van der Waals surface area contributed by atoms with Crippen LogP contribution in [-0.4, -0.2) is 5.75 Å².